The van der Waals surface area contributed by atoms with E-state index in [9.17, 15) is 0 Å². The molecule has 0 unspecified atom stereocenters. The van der Waals surface area contributed by atoms with E-state index in [4.69, 9.17) is 0 Å². The number of thiophene rings is 1. The van der Waals surface area contributed by atoms with Crippen LogP contribution in [0.25, 0.3) is 0 Å². The standard InChI is InChI=1S/C16H25N5S/c1-4-17-16(19-11-15-14(3)6-9-22-15)18-7-5-8-21-12-13(2)10-20-21/h6,9-10,12H,4-5,7-8,11H2,1-3H3,(H2,17,18,19). The highest BCUT2D eigenvalue weighted by Gasteiger charge is 2.01. The molecule has 0 aliphatic rings. The number of hydrogen-bond acceptors (Lipinski definition) is 3. The Balaban J connectivity index is 1.77. The van der Waals surface area contributed by atoms with Crippen LogP contribution >= 0.6 is 11.3 Å². The minimum atomic E-state index is 0.733. The van der Waals surface area contributed by atoms with Crippen molar-refractivity contribution in [1.29, 1.82) is 0 Å². The van der Waals surface area contributed by atoms with E-state index in [0.717, 1.165) is 38.6 Å². The molecule has 0 aromatic carbocycles. The van der Waals surface area contributed by atoms with Crippen molar-refractivity contribution in [3.05, 3.63) is 39.8 Å². The molecule has 0 saturated carbocycles. The molecule has 0 amide bonds. The summed E-state index contributed by atoms with van der Waals surface area (Å²) in [5.74, 6) is 0.881. The maximum absolute atomic E-state index is 4.65. The minimum Gasteiger partial charge on any atom is -0.357 e. The molecule has 0 radical (unpaired) electrons. The molecule has 5 nitrogen and oxygen atoms in total. The smallest absolute Gasteiger partial charge is 0.191 e. The van der Waals surface area contributed by atoms with E-state index < -0.39 is 0 Å². The van der Waals surface area contributed by atoms with Crippen LogP contribution in [0.4, 0.5) is 0 Å². The Morgan fingerprint density at radius 3 is 2.86 bits per heavy atom. The summed E-state index contributed by atoms with van der Waals surface area (Å²) < 4.78 is 1.98. The quantitative estimate of drug-likeness (QED) is 0.469. The molecule has 0 bridgehead atoms. The summed E-state index contributed by atoms with van der Waals surface area (Å²) in [6.07, 6.45) is 4.98. The van der Waals surface area contributed by atoms with E-state index in [0.29, 0.717) is 0 Å². The fourth-order valence-electron chi connectivity index (χ4n) is 2.10. The average Bonchev–Trinajstić information content (AvgIpc) is 3.09. The van der Waals surface area contributed by atoms with Gasteiger partial charge in [-0.1, -0.05) is 0 Å². The Morgan fingerprint density at radius 1 is 1.36 bits per heavy atom. The Kier molecular flexibility index (Phi) is 6.45. The van der Waals surface area contributed by atoms with Crippen LogP contribution < -0.4 is 10.6 Å². The molecule has 2 rings (SSSR count). The molecule has 0 fully saturated rings. The molecule has 22 heavy (non-hydrogen) atoms. The number of aryl methyl sites for hydroxylation is 3. The van der Waals surface area contributed by atoms with Gasteiger partial charge in [0, 0.05) is 30.7 Å². The van der Waals surface area contributed by atoms with Gasteiger partial charge in [-0.2, -0.15) is 5.10 Å². The van der Waals surface area contributed by atoms with Crippen LogP contribution in [0.2, 0.25) is 0 Å². The molecule has 2 aromatic heterocycles. The fraction of sp³-hybridized carbons (Fsp3) is 0.500. The molecule has 0 saturated heterocycles. The SMILES string of the molecule is CCNC(=NCc1sccc1C)NCCCn1cc(C)cn1. The van der Waals surface area contributed by atoms with Gasteiger partial charge < -0.3 is 10.6 Å². The zero-order valence-corrected chi connectivity index (χ0v) is 14.4. The van der Waals surface area contributed by atoms with Crippen molar-refractivity contribution >= 4 is 17.3 Å². The van der Waals surface area contributed by atoms with Crippen molar-refractivity contribution in [2.45, 2.75) is 40.3 Å². The lowest BCUT2D eigenvalue weighted by molar-refractivity contribution is 0.570. The highest BCUT2D eigenvalue weighted by molar-refractivity contribution is 7.10. The monoisotopic (exact) mass is 319 g/mol. The Morgan fingerprint density at radius 2 is 2.23 bits per heavy atom. The van der Waals surface area contributed by atoms with Crippen molar-refractivity contribution < 1.29 is 0 Å². The third kappa shape index (κ3) is 5.18. The zero-order valence-electron chi connectivity index (χ0n) is 13.6. The molecular weight excluding hydrogens is 294 g/mol. The first kappa shape index (κ1) is 16.5. The number of aliphatic imine (C=N–C) groups is 1. The number of hydrogen-bond donors (Lipinski definition) is 2. The van der Waals surface area contributed by atoms with Gasteiger partial charge in [0.2, 0.25) is 0 Å². The largest absolute Gasteiger partial charge is 0.357 e. The predicted molar refractivity (Wildman–Crippen MR) is 93.5 cm³/mol. The average molecular weight is 319 g/mol. The number of rotatable bonds is 7. The predicted octanol–water partition coefficient (Wildman–Crippen LogP) is 2.71. The van der Waals surface area contributed by atoms with Crippen LogP contribution in [0.3, 0.4) is 0 Å². The number of aromatic nitrogens is 2. The maximum atomic E-state index is 4.65. The summed E-state index contributed by atoms with van der Waals surface area (Å²) in [5, 5.41) is 13.1. The fourth-order valence-corrected chi connectivity index (χ4v) is 2.93. The van der Waals surface area contributed by atoms with E-state index in [-0.39, 0.29) is 0 Å². The van der Waals surface area contributed by atoms with Crippen LogP contribution in [0.15, 0.2) is 28.8 Å². The molecule has 6 heteroatoms. The van der Waals surface area contributed by atoms with Gasteiger partial charge in [-0.15, -0.1) is 11.3 Å². The summed E-state index contributed by atoms with van der Waals surface area (Å²) in [7, 11) is 0. The summed E-state index contributed by atoms with van der Waals surface area (Å²) in [5.41, 5.74) is 2.52. The number of guanidine groups is 1. The van der Waals surface area contributed by atoms with E-state index in [1.54, 1.807) is 11.3 Å². The summed E-state index contributed by atoms with van der Waals surface area (Å²) in [6.45, 7) is 9.68. The van der Waals surface area contributed by atoms with E-state index in [1.807, 2.05) is 10.9 Å². The van der Waals surface area contributed by atoms with Crippen molar-refractivity contribution in [2.75, 3.05) is 13.1 Å². The van der Waals surface area contributed by atoms with Gasteiger partial charge in [0.25, 0.3) is 0 Å². The lowest BCUT2D eigenvalue weighted by Crippen LogP contribution is -2.38. The van der Waals surface area contributed by atoms with Crippen LogP contribution in [0.5, 0.6) is 0 Å². The second-order valence-electron chi connectivity index (χ2n) is 5.28. The molecule has 0 atom stereocenters. The number of nitrogens with one attached hydrogen (secondary N) is 2. The molecule has 0 aliphatic heterocycles. The van der Waals surface area contributed by atoms with Gasteiger partial charge >= 0.3 is 0 Å². The number of nitrogens with zero attached hydrogens (tertiary/aromatic N) is 3. The third-order valence-corrected chi connectivity index (χ3v) is 4.32. The lowest BCUT2D eigenvalue weighted by Gasteiger charge is -2.11. The maximum Gasteiger partial charge on any atom is 0.191 e. The van der Waals surface area contributed by atoms with Crippen molar-refractivity contribution in [3.63, 3.8) is 0 Å². The first-order chi connectivity index (χ1) is 10.7. The van der Waals surface area contributed by atoms with Crippen LogP contribution in [0, 0.1) is 13.8 Å². The molecular formula is C16H25N5S. The minimum absolute atomic E-state index is 0.733. The van der Waals surface area contributed by atoms with Crippen LogP contribution in [-0.4, -0.2) is 28.8 Å². The topological polar surface area (TPSA) is 54.2 Å². The van der Waals surface area contributed by atoms with Gasteiger partial charge in [0.05, 0.1) is 12.7 Å². The second kappa shape index (κ2) is 8.58. The van der Waals surface area contributed by atoms with Crippen molar-refractivity contribution in [3.8, 4) is 0 Å². The van der Waals surface area contributed by atoms with E-state index in [1.165, 1.54) is 16.0 Å². The van der Waals surface area contributed by atoms with Gasteiger partial charge in [0.15, 0.2) is 5.96 Å². The third-order valence-electron chi connectivity index (χ3n) is 3.31. The first-order valence-corrected chi connectivity index (χ1v) is 8.61. The summed E-state index contributed by atoms with van der Waals surface area (Å²) in [6, 6.07) is 2.14. The summed E-state index contributed by atoms with van der Waals surface area (Å²) in [4.78, 5) is 5.97. The van der Waals surface area contributed by atoms with E-state index in [2.05, 4.69) is 59.1 Å². The highest BCUT2D eigenvalue weighted by Crippen LogP contribution is 2.16. The zero-order chi connectivity index (χ0) is 15.8. The Bertz CT molecular complexity index is 599. The van der Waals surface area contributed by atoms with Crippen LogP contribution in [0.1, 0.15) is 29.3 Å². The second-order valence-corrected chi connectivity index (χ2v) is 6.28. The van der Waals surface area contributed by atoms with Gasteiger partial charge in [0.1, 0.15) is 0 Å². The normalized spacial score (nSPS) is 11.7. The van der Waals surface area contributed by atoms with Crippen LogP contribution in [-0.2, 0) is 13.1 Å². The highest BCUT2D eigenvalue weighted by atomic mass is 32.1. The van der Waals surface area contributed by atoms with E-state index >= 15 is 0 Å². The van der Waals surface area contributed by atoms with Crippen molar-refractivity contribution in [1.82, 2.24) is 20.4 Å². The molecule has 2 N–H and O–H groups in total. The molecule has 2 heterocycles. The first-order valence-electron chi connectivity index (χ1n) is 7.73. The molecule has 0 spiro atoms. The summed E-state index contributed by atoms with van der Waals surface area (Å²) >= 11 is 1.76. The molecule has 120 valence electrons. The van der Waals surface area contributed by atoms with Crippen molar-refractivity contribution in [2.24, 2.45) is 4.99 Å². The van der Waals surface area contributed by atoms with Gasteiger partial charge in [-0.25, -0.2) is 4.99 Å². The molecule has 2 aromatic rings. The Labute approximate surface area is 136 Å². The lowest BCUT2D eigenvalue weighted by atomic mass is 10.3. The van der Waals surface area contributed by atoms with Gasteiger partial charge in [-0.05, 0) is 49.8 Å². The Hall–Kier alpha value is -1.82. The molecule has 0 aliphatic carbocycles. The van der Waals surface area contributed by atoms with Gasteiger partial charge in [-0.3, -0.25) is 4.68 Å².